The summed E-state index contributed by atoms with van der Waals surface area (Å²) < 4.78 is 68.7. The zero-order valence-electron chi connectivity index (χ0n) is 17.9. The number of nitrogens with one attached hydrogen (secondary N) is 3. The maximum absolute atomic E-state index is 12.7. The van der Waals surface area contributed by atoms with Gasteiger partial charge in [0.1, 0.15) is 12.4 Å². The number of halogens is 4. The van der Waals surface area contributed by atoms with E-state index in [2.05, 4.69) is 20.0 Å². The van der Waals surface area contributed by atoms with Crippen molar-refractivity contribution in [2.75, 3.05) is 30.7 Å². The zero-order valence-corrected chi connectivity index (χ0v) is 19.4. The molecule has 0 saturated carbocycles. The van der Waals surface area contributed by atoms with Gasteiger partial charge in [0.25, 0.3) is 0 Å². The number of H-pyrrole nitrogens is 1. The number of anilines is 1. The molecule has 1 atom stereocenters. The van der Waals surface area contributed by atoms with Crippen LogP contribution >= 0.6 is 11.6 Å². The lowest BCUT2D eigenvalue weighted by atomic mass is 10.1. The molecule has 3 rings (SSSR count). The van der Waals surface area contributed by atoms with Gasteiger partial charge in [-0.15, -0.1) is 0 Å². The average Bonchev–Trinajstić information content (AvgIpc) is 3.25. The molecule has 4 N–H and O–H groups in total. The van der Waals surface area contributed by atoms with E-state index in [1.807, 2.05) is 0 Å². The smallest absolute Gasteiger partial charge is 0.449 e. The maximum Gasteiger partial charge on any atom is 0.449 e. The van der Waals surface area contributed by atoms with E-state index in [0.717, 1.165) is 12.5 Å². The molecule has 0 aliphatic carbocycles. The van der Waals surface area contributed by atoms with Gasteiger partial charge in [0.05, 0.1) is 35.0 Å². The summed E-state index contributed by atoms with van der Waals surface area (Å²) >= 11 is 5.98. The van der Waals surface area contributed by atoms with Gasteiger partial charge in [-0.25, -0.2) is 13.4 Å². The number of aliphatic hydroxyl groups is 1. The standard InChI is InChI=1S/C21H22ClF3N4O4S/c1-34(31,32)29-17-10-14(4-7-16(17)22)19(30)12-26-8-9-33-15-5-2-13(3-6-15)18-11-27-20(28-18)21(23,24)25/h2-7,10-11,19,26,29-30H,8-9,12H2,1H3,(H,27,28)/t19-/m1/s1. The second kappa shape index (κ2) is 10.6. The predicted molar refractivity (Wildman–Crippen MR) is 122 cm³/mol. The number of imidazole rings is 1. The maximum atomic E-state index is 12.7. The molecule has 1 aromatic heterocycles. The Morgan fingerprint density at radius 2 is 1.91 bits per heavy atom. The minimum Gasteiger partial charge on any atom is -0.492 e. The highest BCUT2D eigenvalue weighted by atomic mass is 35.5. The first-order chi connectivity index (χ1) is 15.9. The molecule has 34 heavy (non-hydrogen) atoms. The van der Waals surface area contributed by atoms with Gasteiger partial charge in [-0.3, -0.25) is 4.72 Å². The molecule has 8 nitrogen and oxygen atoms in total. The summed E-state index contributed by atoms with van der Waals surface area (Å²) in [4.78, 5) is 5.58. The number of benzene rings is 2. The summed E-state index contributed by atoms with van der Waals surface area (Å²) in [6.07, 6.45) is -3.32. The molecule has 0 radical (unpaired) electrons. The monoisotopic (exact) mass is 518 g/mol. The van der Waals surface area contributed by atoms with E-state index in [-0.39, 0.29) is 29.6 Å². The van der Waals surface area contributed by atoms with Gasteiger partial charge in [-0.1, -0.05) is 17.7 Å². The Morgan fingerprint density at radius 1 is 1.21 bits per heavy atom. The van der Waals surface area contributed by atoms with Crippen LogP contribution in [-0.2, 0) is 16.2 Å². The molecule has 2 aromatic carbocycles. The van der Waals surface area contributed by atoms with Crippen molar-refractivity contribution in [2.24, 2.45) is 0 Å². The lowest BCUT2D eigenvalue weighted by Gasteiger charge is -2.15. The number of aromatic amines is 1. The third-order valence-corrected chi connectivity index (χ3v) is 5.49. The van der Waals surface area contributed by atoms with Crippen LogP contribution in [0.1, 0.15) is 17.5 Å². The highest BCUT2D eigenvalue weighted by Gasteiger charge is 2.34. The first kappa shape index (κ1) is 25.8. The SMILES string of the molecule is CS(=O)(=O)Nc1cc([C@H](O)CNCCOc2ccc(-c3cnc(C(F)(F)F)[nH]3)cc2)ccc1Cl. The Labute approximate surface area is 199 Å². The fraction of sp³-hybridized carbons (Fsp3) is 0.286. The van der Waals surface area contributed by atoms with E-state index in [1.165, 1.54) is 12.1 Å². The number of alkyl halides is 3. The third kappa shape index (κ3) is 7.35. The number of hydrogen-bond acceptors (Lipinski definition) is 6. The molecule has 13 heteroatoms. The van der Waals surface area contributed by atoms with Crippen molar-refractivity contribution in [2.45, 2.75) is 12.3 Å². The molecule has 0 spiro atoms. The van der Waals surface area contributed by atoms with Crippen LogP contribution in [0, 0.1) is 0 Å². The number of aromatic nitrogens is 2. The molecule has 0 aliphatic heterocycles. The number of rotatable bonds is 10. The van der Waals surface area contributed by atoms with Crippen LogP contribution in [0.15, 0.2) is 48.7 Å². The van der Waals surface area contributed by atoms with E-state index in [4.69, 9.17) is 16.3 Å². The summed E-state index contributed by atoms with van der Waals surface area (Å²) in [5, 5.41) is 13.6. The van der Waals surface area contributed by atoms with Crippen molar-refractivity contribution < 1.29 is 31.4 Å². The van der Waals surface area contributed by atoms with Crippen LogP contribution in [0.2, 0.25) is 5.02 Å². The van der Waals surface area contributed by atoms with Crippen molar-refractivity contribution >= 4 is 27.3 Å². The minimum atomic E-state index is -4.54. The zero-order chi connectivity index (χ0) is 24.9. The van der Waals surface area contributed by atoms with Crippen LogP contribution in [0.25, 0.3) is 11.3 Å². The fourth-order valence-corrected chi connectivity index (χ4v) is 3.76. The second-order valence-electron chi connectivity index (χ2n) is 7.35. The number of nitrogens with zero attached hydrogens (tertiary/aromatic N) is 1. The largest absolute Gasteiger partial charge is 0.492 e. The van der Waals surface area contributed by atoms with E-state index in [1.54, 1.807) is 30.3 Å². The summed E-state index contributed by atoms with van der Waals surface area (Å²) in [5.74, 6) is -0.534. The topological polar surface area (TPSA) is 116 Å². The normalized spacial score (nSPS) is 13.0. The Morgan fingerprint density at radius 3 is 2.53 bits per heavy atom. The molecule has 0 unspecified atom stereocenters. The first-order valence-corrected chi connectivity index (χ1v) is 12.2. The van der Waals surface area contributed by atoms with Gasteiger partial charge in [0.2, 0.25) is 15.8 Å². The van der Waals surface area contributed by atoms with Crippen molar-refractivity contribution in [3.05, 3.63) is 65.1 Å². The number of ether oxygens (including phenoxy) is 1. The van der Waals surface area contributed by atoms with Gasteiger partial charge in [-0.05, 0) is 47.5 Å². The van der Waals surface area contributed by atoms with E-state index < -0.39 is 28.1 Å². The van der Waals surface area contributed by atoms with Crippen LogP contribution in [0.5, 0.6) is 5.75 Å². The van der Waals surface area contributed by atoms with Crippen molar-refractivity contribution in [1.82, 2.24) is 15.3 Å². The molecule has 1 heterocycles. The lowest BCUT2D eigenvalue weighted by molar-refractivity contribution is -0.144. The quantitative estimate of drug-likeness (QED) is 0.303. The molecular weight excluding hydrogens is 497 g/mol. The van der Waals surface area contributed by atoms with Crippen molar-refractivity contribution in [3.63, 3.8) is 0 Å². The summed E-state index contributed by atoms with van der Waals surface area (Å²) in [6.45, 7) is 0.857. The van der Waals surface area contributed by atoms with Crippen LogP contribution in [-0.4, -0.2) is 49.4 Å². The number of aliphatic hydroxyl groups excluding tert-OH is 1. The summed E-state index contributed by atoms with van der Waals surface area (Å²) in [7, 11) is -3.51. The van der Waals surface area contributed by atoms with E-state index >= 15 is 0 Å². The Balaban J connectivity index is 1.45. The molecule has 0 saturated heterocycles. The molecule has 0 bridgehead atoms. The van der Waals surface area contributed by atoms with Crippen LogP contribution < -0.4 is 14.8 Å². The Hall–Kier alpha value is -2.80. The van der Waals surface area contributed by atoms with Crippen molar-refractivity contribution in [1.29, 1.82) is 0 Å². The Bertz CT molecular complexity index is 1220. The molecule has 184 valence electrons. The summed E-state index contributed by atoms with van der Waals surface area (Å²) in [6, 6.07) is 11.0. The third-order valence-electron chi connectivity index (χ3n) is 4.57. The van der Waals surface area contributed by atoms with Gasteiger partial charge >= 0.3 is 6.18 Å². The fourth-order valence-electron chi connectivity index (χ4n) is 2.97. The lowest BCUT2D eigenvalue weighted by Crippen LogP contribution is -2.26. The van der Waals surface area contributed by atoms with Gasteiger partial charge in [-0.2, -0.15) is 13.2 Å². The highest BCUT2D eigenvalue weighted by Crippen LogP contribution is 2.29. The van der Waals surface area contributed by atoms with Crippen LogP contribution in [0.4, 0.5) is 18.9 Å². The molecule has 0 aliphatic rings. The first-order valence-electron chi connectivity index (χ1n) is 9.94. The molecular formula is C21H22ClF3N4O4S. The van der Waals surface area contributed by atoms with E-state index in [0.29, 0.717) is 23.4 Å². The van der Waals surface area contributed by atoms with Gasteiger partial charge in [0, 0.05) is 13.1 Å². The highest BCUT2D eigenvalue weighted by molar-refractivity contribution is 7.92. The van der Waals surface area contributed by atoms with Gasteiger partial charge < -0.3 is 20.1 Å². The van der Waals surface area contributed by atoms with E-state index in [9.17, 15) is 26.7 Å². The van der Waals surface area contributed by atoms with Crippen molar-refractivity contribution in [3.8, 4) is 17.0 Å². The van der Waals surface area contributed by atoms with Gasteiger partial charge in [0.15, 0.2) is 0 Å². The average molecular weight is 519 g/mol. The minimum absolute atomic E-state index is 0.178. The second-order valence-corrected chi connectivity index (χ2v) is 9.51. The predicted octanol–water partition coefficient (Wildman–Crippen LogP) is 3.82. The molecule has 3 aromatic rings. The number of sulfonamides is 1. The Kier molecular flexibility index (Phi) is 8.08. The summed E-state index contributed by atoms with van der Waals surface area (Å²) in [5.41, 5.74) is 1.43. The molecule has 0 amide bonds. The number of hydrogen-bond donors (Lipinski definition) is 4. The molecule has 0 fully saturated rings. The van der Waals surface area contributed by atoms with Crippen LogP contribution in [0.3, 0.4) is 0 Å².